The third-order valence-electron chi connectivity index (χ3n) is 4.24. The molecule has 0 radical (unpaired) electrons. The molecule has 0 heterocycles. The monoisotopic (exact) mass is 371 g/mol. The minimum atomic E-state index is -3.57. The Hall–Kier alpha value is -1.56. The largest absolute Gasteiger partial charge is 0.493 e. The molecule has 8 heteroatoms. The van der Waals surface area contributed by atoms with E-state index in [4.69, 9.17) is 18.5 Å². The molecule has 0 aliphatic heterocycles. The topological polar surface area (TPSA) is 74.3 Å². The lowest BCUT2D eigenvalue weighted by Gasteiger charge is -2.22. The molecule has 140 valence electrons. The molecule has 1 aromatic rings. The quantitative estimate of drug-likeness (QED) is 0.463. The van der Waals surface area contributed by atoms with E-state index in [1.54, 1.807) is 7.11 Å². The predicted octanol–water partition coefficient (Wildman–Crippen LogP) is 3.42. The Balaban J connectivity index is 1.99. The average molecular weight is 371 g/mol. The summed E-state index contributed by atoms with van der Waals surface area (Å²) in [7, 11) is 0.656. The number of nitrogens with zero attached hydrogens (tertiary/aromatic N) is 1. The first-order valence-corrected chi connectivity index (χ1v) is 9.84. The summed E-state index contributed by atoms with van der Waals surface area (Å²) < 4.78 is 34.8. The summed E-state index contributed by atoms with van der Waals surface area (Å²) in [6.07, 6.45) is 5.66. The molecule has 1 fully saturated rings. The second-order valence-corrected chi connectivity index (χ2v) is 8.11. The fraction of sp³-hybridized carbons (Fsp3) is 0.588. The van der Waals surface area contributed by atoms with Crippen LogP contribution in [0.4, 0.5) is 0 Å². The number of hydrogen-bond acceptors (Lipinski definition) is 6. The number of ether oxygens (including phenoxy) is 2. The minimum Gasteiger partial charge on any atom is -0.493 e. The number of hydrogen-bond donors (Lipinski definition) is 0. The molecule has 2 rings (SSSR count). The Morgan fingerprint density at radius 2 is 1.96 bits per heavy atom. The molecule has 1 aromatic carbocycles. The molecule has 0 N–H and O–H groups in total. The minimum absolute atomic E-state index is 0.151. The summed E-state index contributed by atoms with van der Waals surface area (Å²) in [6.45, 7) is 0.151. The zero-order valence-corrected chi connectivity index (χ0v) is 15.9. The molecule has 0 aromatic heterocycles. The van der Waals surface area contributed by atoms with E-state index < -0.39 is 7.75 Å². The van der Waals surface area contributed by atoms with E-state index in [9.17, 15) is 9.36 Å². The van der Waals surface area contributed by atoms with E-state index in [0.29, 0.717) is 24.3 Å². The van der Waals surface area contributed by atoms with Crippen molar-refractivity contribution in [3.05, 3.63) is 23.8 Å². The van der Waals surface area contributed by atoms with Crippen molar-refractivity contribution in [2.75, 3.05) is 27.9 Å². The van der Waals surface area contributed by atoms with Gasteiger partial charge in [0, 0.05) is 14.2 Å². The van der Waals surface area contributed by atoms with Gasteiger partial charge in [0.25, 0.3) is 0 Å². The molecule has 0 spiro atoms. The van der Waals surface area contributed by atoms with Crippen molar-refractivity contribution in [1.82, 2.24) is 4.67 Å². The Labute approximate surface area is 148 Å². The van der Waals surface area contributed by atoms with Gasteiger partial charge in [-0.05, 0) is 49.8 Å². The number of methoxy groups -OCH3 is 1. The van der Waals surface area contributed by atoms with E-state index in [0.717, 1.165) is 23.1 Å². The molecule has 1 amide bonds. The Kier molecular flexibility index (Phi) is 7.29. The normalized spacial score (nSPS) is 17.1. The molecule has 1 atom stereocenters. The van der Waals surface area contributed by atoms with E-state index in [1.807, 2.05) is 18.2 Å². The van der Waals surface area contributed by atoms with Crippen LogP contribution in [0.2, 0.25) is 0 Å². The van der Waals surface area contributed by atoms with E-state index in [-0.39, 0.29) is 12.7 Å². The van der Waals surface area contributed by atoms with Crippen LogP contribution in [0, 0.1) is 0 Å². The zero-order valence-electron chi connectivity index (χ0n) is 15.0. The van der Waals surface area contributed by atoms with Crippen LogP contribution in [0.25, 0.3) is 0 Å². The molecule has 1 aliphatic carbocycles. The van der Waals surface area contributed by atoms with Gasteiger partial charge in [0.05, 0.1) is 19.8 Å². The summed E-state index contributed by atoms with van der Waals surface area (Å²) in [5.74, 6) is 1.41. The molecule has 1 saturated carbocycles. The van der Waals surface area contributed by atoms with Crippen molar-refractivity contribution in [2.45, 2.75) is 38.2 Å². The van der Waals surface area contributed by atoms with Gasteiger partial charge in [0.2, 0.25) is 6.41 Å². The maximum atomic E-state index is 12.3. The van der Waals surface area contributed by atoms with E-state index in [1.165, 1.54) is 27.0 Å². The summed E-state index contributed by atoms with van der Waals surface area (Å²) in [6, 6.07) is 5.68. The van der Waals surface area contributed by atoms with Crippen molar-refractivity contribution in [3.63, 3.8) is 0 Å². The Morgan fingerprint density at radius 1 is 1.24 bits per heavy atom. The van der Waals surface area contributed by atoms with Crippen LogP contribution in [0.5, 0.6) is 11.5 Å². The zero-order chi connectivity index (χ0) is 18.3. The van der Waals surface area contributed by atoms with Crippen LogP contribution in [0.1, 0.15) is 31.2 Å². The lowest BCUT2D eigenvalue weighted by atomic mass is 10.1. The van der Waals surface area contributed by atoms with Crippen LogP contribution in [0.3, 0.4) is 0 Å². The number of carbonyl (C=O) groups is 1. The molecular weight excluding hydrogens is 345 g/mol. The number of benzene rings is 1. The number of amides is 1. The lowest BCUT2D eigenvalue weighted by molar-refractivity contribution is -0.114. The van der Waals surface area contributed by atoms with Crippen LogP contribution >= 0.6 is 7.75 Å². The maximum Gasteiger partial charge on any atom is 0.436 e. The van der Waals surface area contributed by atoms with E-state index >= 15 is 0 Å². The highest BCUT2D eigenvalue weighted by Gasteiger charge is 2.28. The number of carbonyl (C=O) groups excluding carboxylic acids is 1. The molecule has 1 aliphatic rings. The summed E-state index contributed by atoms with van der Waals surface area (Å²) in [5, 5.41) is 0. The van der Waals surface area contributed by atoms with Gasteiger partial charge in [0.1, 0.15) is 0 Å². The van der Waals surface area contributed by atoms with Crippen molar-refractivity contribution in [3.8, 4) is 11.5 Å². The molecule has 25 heavy (non-hydrogen) atoms. The van der Waals surface area contributed by atoms with Gasteiger partial charge < -0.3 is 9.47 Å². The summed E-state index contributed by atoms with van der Waals surface area (Å²) in [4.78, 5) is 10.8. The molecule has 0 saturated heterocycles. The second-order valence-electron chi connectivity index (χ2n) is 5.92. The average Bonchev–Trinajstić information content (AvgIpc) is 3.14. The van der Waals surface area contributed by atoms with Crippen LogP contribution in [-0.4, -0.2) is 45.1 Å². The smallest absolute Gasteiger partial charge is 0.436 e. The fourth-order valence-corrected chi connectivity index (χ4v) is 3.75. The van der Waals surface area contributed by atoms with Gasteiger partial charge in [-0.2, -0.15) is 0 Å². The fourth-order valence-electron chi connectivity index (χ4n) is 2.76. The first-order valence-electron chi connectivity index (χ1n) is 8.35. The van der Waals surface area contributed by atoms with E-state index in [2.05, 4.69) is 0 Å². The predicted molar refractivity (Wildman–Crippen MR) is 94.0 cm³/mol. The SMILES string of the molecule is COc1ccc(CCOP(=O)(OC)N(C)C=O)cc1OC1CCCC1. The summed E-state index contributed by atoms with van der Waals surface area (Å²) in [5.41, 5.74) is 0.963. The molecule has 7 nitrogen and oxygen atoms in total. The third-order valence-corrected chi connectivity index (χ3v) is 6.08. The Morgan fingerprint density at radius 3 is 2.56 bits per heavy atom. The van der Waals surface area contributed by atoms with Gasteiger partial charge in [-0.15, -0.1) is 0 Å². The van der Waals surface area contributed by atoms with Gasteiger partial charge in [-0.3, -0.25) is 18.5 Å². The first-order chi connectivity index (χ1) is 12.0. The van der Waals surface area contributed by atoms with Gasteiger partial charge in [-0.25, -0.2) is 4.57 Å². The van der Waals surface area contributed by atoms with Gasteiger partial charge in [-0.1, -0.05) is 6.07 Å². The molecular formula is C17H26NO6P. The highest BCUT2D eigenvalue weighted by atomic mass is 31.2. The van der Waals surface area contributed by atoms with Crippen LogP contribution in [0.15, 0.2) is 18.2 Å². The van der Waals surface area contributed by atoms with Gasteiger partial charge in [0.15, 0.2) is 11.5 Å². The first kappa shape index (κ1) is 19.8. The van der Waals surface area contributed by atoms with Crippen LogP contribution < -0.4 is 9.47 Å². The highest BCUT2D eigenvalue weighted by Crippen LogP contribution is 2.49. The molecule has 1 unspecified atom stereocenters. The maximum absolute atomic E-state index is 12.3. The second kappa shape index (κ2) is 9.22. The summed E-state index contributed by atoms with van der Waals surface area (Å²) >= 11 is 0. The third kappa shape index (κ3) is 5.21. The van der Waals surface area contributed by atoms with Crippen molar-refractivity contribution >= 4 is 14.2 Å². The lowest BCUT2D eigenvalue weighted by Crippen LogP contribution is -2.16. The van der Waals surface area contributed by atoms with Crippen LogP contribution in [-0.2, 0) is 24.8 Å². The van der Waals surface area contributed by atoms with Crippen molar-refractivity contribution in [1.29, 1.82) is 0 Å². The van der Waals surface area contributed by atoms with Crippen molar-refractivity contribution in [2.24, 2.45) is 0 Å². The van der Waals surface area contributed by atoms with Gasteiger partial charge >= 0.3 is 7.75 Å². The number of rotatable bonds is 10. The Bertz CT molecular complexity index is 617. The van der Waals surface area contributed by atoms with Crippen molar-refractivity contribution < 1.29 is 27.9 Å². The molecule has 0 bridgehead atoms. The highest BCUT2D eigenvalue weighted by molar-refractivity contribution is 7.51. The standard InChI is InChI=1S/C17H26NO6P/c1-18(13-19)25(20,22-3)23-11-10-14-8-9-16(21-2)17(12-14)24-15-6-4-5-7-15/h8-9,12-13,15H,4-7,10-11H2,1-3H3.